The van der Waals surface area contributed by atoms with Crippen LogP contribution in [0.1, 0.15) is 31.0 Å². The largest absolute Gasteiger partial charge is 0.340 e. The van der Waals surface area contributed by atoms with E-state index in [1.807, 2.05) is 0 Å². The molecular weight excluding hydrogens is 156 g/mol. The summed E-state index contributed by atoms with van der Waals surface area (Å²) in [7, 11) is 0. The first kappa shape index (κ1) is 7.54. The Morgan fingerprint density at radius 3 is 2.83 bits per heavy atom. The zero-order valence-electron chi connectivity index (χ0n) is 6.71. The first-order valence-corrected chi connectivity index (χ1v) is 4.16. The van der Waals surface area contributed by atoms with E-state index in [0.29, 0.717) is 5.92 Å². The van der Waals surface area contributed by atoms with Gasteiger partial charge in [0.15, 0.2) is 0 Å². The molecule has 12 heavy (non-hydrogen) atoms. The molecule has 1 saturated carbocycles. The zero-order chi connectivity index (χ0) is 8.55. The number of aromatic nitrogens is 3. The Balaban J connectivity index is 2.16. The number of H-pyrrole nitrogens is 2. The second-order valence-electron chi connectivity index (χ2n) is 3.33. The van der Waals surface area contributed by atoms with Gasteiger partial charge < -0.3 is 5.73 Å². The van der Waals surface area contributed by atoms with Crippen molar-refractivity contribution in [2.75, 3.05) is 0 Å². The van der Waals surface area contributed by atoms with Crippen LogP contribution in [-0.4, -0.2) is 21.2 Å². The molecule has 66 valence electrons. The average molecular weight is 168 g/mol. The van der Waals surface area contributed by atoms with Gasteiger partial charge in [-0.1, -0.05) is 0 Å². The van der Waals surface area contributed by atoms with Crippen LogP contribution in [0.25, 0.3) is 0 Å². The Bertz CT molecular complexity index is 315. The van der Waals surface area contributed by atoms with Gasteiger partial charge in [-0.25, -0.2) is 9.89 Å². The van der Waals surface area contributed by atoms with Gasteiger partial charge in [0, 0.05) is 12.0 Å². The molecule has 4 N–H and O–H groups in total. The number of rotatable bonds is 1. The number of hydrogen-bond acceptors (Lipinski definition) is 3. The maximum atomic E-state index is 10.7. The normalized spacial score (nSPS) is 29.4. The maximum Gasteiger partial charge on any atom is 0.340 e. The molecule has 0 spiro atoms. The number of aromatic amines is 2. The quantitative estimate of drug-likeness (QED) is 0.537. The van der Waals surface area contributed by atoms with Crippen LogP contribution in [0.3, 0.4) is 0 Å². The van der Waals surface area contributed by atoms with E-state index in [-0.39, 0.29) is 11.7 Å². The van der Waals surface area contributed by atoms with Crippen molar-refractivity contribution in [3.8, 4) is 0 Å². The molecule has 1 aliphatic rings. The predicted octanol–water partition coefficient (Wildman–Crippen LogP) is -0.307. The van der Waals surface area contributed by atoms with Gasteiger partial charge in [-0.05, 0) is 19.3 Å². The second-order valence-corrected chi connectivity index (χ2v) is 3.33. The number of nitrogens with zero attached hydrogens (tertiary/aromatic N) is 1. The Labute approximate surface area is 69.4 Å². The van der Waals surface area contributed by atoms with Crippen molar-refractivity contribution in [3.05, 3.63) is 16.3 Å². The summed E-state index contributed by atoms with van der Waals surface area (Å²) in [6.45, 7) is 0. The van der Waals surface area contributed by atoms with Gasteiger partial charge in [0.25, 0.3) is 0 Å². The fourth-order valence-electron chi connectivity index (χ4n) is 1.74. The standard InChI is InChI=1S/C7H12N4O/c8-5-2-1-4(3-5)6-9-7(12)11-10-6/h4-5H,1-3,8H2,(H2,9,10,11,12)/t4-,5+/m1/s1. The third-order valence-electron chi connectivity index (χ3n) is 2.38. The van der Waals surface area contributed by atoms with Gasteiger partial charge in [0.05, 0.1) is 0 Å². The van der Waals surface area contributed by atoms with Gasteiger partial charge in [0.1, 0.15) is 5.82 Å². The Morgan fingerprint density at radius 1 is 1.50 bits per heavy atom. The summed E-state index contributed by atoms with van der Waals surface area (Å²) in [6, 6.07) is 0.273. The number of nitrogens with one attached hydrogen (secondary N) is 2. The molecule has 0 saturated heterocycles. The van der Waals surface area contributed by atoms with Crippen molar-refractivity contribution in [1.82, 2.24) is 15.2 Å². The van der Waals surface area contributed by atoms with Gasteiger partial charge >= 0.3 is 5.69 Å². The van der Waals surface area contributed by atoms with Crippen molar-refractivity contribution < 1.29 is 0 Å². The minimum atomic E-state index is -0.231. The molecule has 2 atom stereocenters. The van der Waals surface area contributed by atoms with Gasteiger partial charge in [-0.15, -0.1) is 0 Å². The fraction of sp³-hybridized carbons (Fsp3) is 0.714. The van der Waals surface area contributed by atoms with E-state index < -0.39 is 0 Å². The van der Waals surface area contributed by atoms with Crippen LogP contribution in [0.5, 0.6) is 0 Å². The highest BCUT2D eigenvalue weighted by atomic mass is 16.1. The van der Waals surface area contributed by atoms with Gasteiger partial charge in [-0.3, -0.25) is 4.98 Å². The summed E-state index contributed by atoms with van der Waals surface area (Å²) in [5.74, 6) is 1.10. The van der Waals surface area contributed by atoms with Crippen LogP contribution in [0.2, 0.25) is 0 Å². The Kier molecular flexibility index (Phi) is 1.73. The van der Waals surface area contributed by atoms with E-state index in [4.69, 9.17) is 5.73 Å². The first-order valence-electron chi connectivity index (χ1n) is 4.16. The highest BCUT2D eigenvalue weighted by Crippen LogP contribution is 2.30. The van der Waals surface area contributed by atoms with Crippen molar-refractivity contribution in [1.29, 1.82) is 0 Å². The van der Waals surface area contributed by atoms with Crippen LogP contribution < -0.4 is 11.4 Å². The highest BCUT2D eigenvalue weighted by molar-refractivity contribution is 4.98. The lowest BCUT2D eigenvalue weighted by Crippen LogP contribution is -2.14. The predicted molar refractivity (Wildman–Crippen MR) is 43.8 cm³/mol. The first-order chi connectivity index (χ1) is 5.75. The van der Waals surface area contributed by atoms with Crippen LogP contribution in [0.15, 0.2) is 4.79 Å². The molecule has 1 aliphatic carbocycles. The van der Waals surface area contributed by atoms with E-state index in [0.717, 1.165) is 25.1 Å². The van der Waals surface area contributed by atoms with Gasteiger partial charge in [-0.2, -0.15) is 5.10 Å². The van der Waals surface area contributed by atoms with E-state index in [1.165, 1.54) is 0 Å². The van der Waals surface area contributed by atoms with E-state index in [2.05, 4.69) is 15.2 Å². The second kappa shape index (κ2) is 2.75. The Morgan fingerprint density at radius 2 is 2.33 bits per heavy atom. The van der Waals surface area contributed by atoms with Crippen LogP contribution in [0.4, 0.5) is 0 Å². The smallest absolute Gasteiger partial charge is 0.328 e. The molecule has 1 heterocycles. The molecule has 0 radical (unpaired) electrons. The fourth-order valence-corrected chi connectivity index (χ4v) is 1.74. The summed E-state index contributed by atoms with van der Waals surface area (Å²) < 4.78 is 0. The van der Waals surface area contributed by atoms with Gasteiger partial charge in [0.2, 0.25) is 0 Å². The van der Waals surface area contributed by atoms with E-state index in [9.17, 15) is 4.79 Å². The molecular formula is C7H12N4O. The van der Waals surface area contributed by atoms with Crippen LogP contribution in [-0.2, 0) is 0 Å². The molecule has 0 aliphatic heterocycles. The summed E-state index contributed by atoms with van der Waals surface area (Å²) >= 11 is 0. The lowest BCUT2D eigenvalue weighted by atomic mass is 10.1. The Hall–Kier alpha value is -1.10. The number of nitrogens with two attached hydrogens (primary N) is 1. The minimum absolute atomic E-state index is 0.231. The van der Waals surface area contributed by atoms with E-state index >= 15 is 0 Å². The SMILES string of the molecule is N[C@H]1CC[C@@H](c2n[nH]c(=O)[nH]2)C1. The molecule has 0 aromatic carbocycles. The highest BCUT2D eigenvalue weighted by Gasteiger charge is 2.25. The third-order valence-corrected chi connectivity index (χ3v) is 2.38. The molecule has 0 bridgehead atoms. The van der Waals surface area contributed by atoms with Crippen molar-refractivity contribution in [2.45, 2.75) is 31.2 Å². The van der Waals surface area contributed by atoms with Crippen molar-refractivity contribution >= 4 is 0 Å². The summed E-state index contributed by atoms with van der Waals surface area (Å²) in [6.07, 6.45) is 2.99. The molecule has 2 rings (SSSR count). The lowest BCUT2D eigenvalue weighted by molar-refractivity contribution is 0.645. The summed E-state index contributed by atoms with van der Waals surface area (Å²) in [5, 5.41) is 6.24. The molecule has 1 aromatic heterocycles. The summed E-state index contributed by atoms with van der Waals surface area (Å²) in [5.41, 5.74) is 5.51. The summed E-state index contributed by atoms with van der Waals surface area (Å²) in [4.78, 5) is 13.4. The minimum Gasteiger partial charge on any atom is -0.328 e. The molecule has 1 aromatic rings. The van der Waals surface area contributed by atoms with E-state index in [1.54, 1.807) is 0 Å². The monoisotopic (exact) mass is 168 g/mol. The number of hydrogen-bond donors (Lipinski definition) is 3. The average Bonchev–Trinajstić information content (AvgIpc) is 2.58. The van der Waals surface area contributed by atoms with Crippen LogP contribution >= 0.6 is 0 Å². The van der Waals surface area contributed by atoms with Crippen molar-refractivity contribution in [2.24, 2.45) is 5.73 Å². The molecule has 0 unspecified atom stereocenters. The van der Waals surface area contributed by atoms with Crippen molar-refractivity contribution in [3.63, 3.8) is 0 Å². The topological polar surface area (TPSA) is 87.6 Å². The molecule has 5 nitrogen and oxygen atoms in total. The third kappa shape index (κ3) is 1.27. The molecule has 5 heteroatoms. The zero-order valence-corrected chi connectivity index (χ0v) is 6.71. The molecule has 0 amide bonds. The van der Waals surface area contributed by atoms with Crippen LogP contribution in [0, 0.1) is 0 Å². The lowest BCUT2D eigenvalue weighted by Gasteiger charge is -2.02. The maximum absolute atomic E-state index is 10.7. The molecule has 1 fully saturated rings.